The zero-order valence-electron chi connectivity index (χ0n) is 19.8. The average Bonchev–Trinajstić information content (AvgIpc) is 3.59. The largest absolute Gasteiger partial charge is 0.378 e. The molecule has 0 bridgehead atoms. The predicted octanol–water partition coefficient (Wildman–Crippen LogP) is 3.16. The van der Waals surface area contributed by atoms with Crippen molar-refractivity contribution in [1.82, 2.24) is 34.4 Å². The summed E-state index contributed by atoms with van der Waals surface area (Å²) in [5, 5.41) is 3.28. The lowest BCUT2D eigenvalue weighted by molar-refractivity contribution is 0.0301. The Morgan fingerprint density at radius 1 is 1.08 bits per heavy atom. The summed E-state index contributed by atoms with van der Waals surface area (Å²) in [7, 11) is 0. The Morgan fingerprint density at radius 2 is 1.86 bits per heavy atom. The summed E-state index contributed by atoms with van der Waals surface area (Å²) >= 11 is 0. The van der Waals surface area contributed by atoms with E-state index in [0.717, 1.165) is 5.69 Å². The van der Waals surface area contributed by atoms with E-state index in [-0.39, 0.29) is 18.0 Å². The van der Waals surface area contributed by atoms with Crippen molar-refractivity contribution >= 4 is 33.9 Å². The number of morpholine rings is 1. The number of nitrogens with one attached hydrogen (secondary N) is 2. The number of hydrogen-bond donors (Lipinski definition) is 2. The second-order valence-corrected chi connectivity index (χ2v) is 8.07. The summed E-state index contributed by atoms with van der Waals surface area (Å²) in [5.74, 6) is 0.206. The fourth-order valence-electron chi connectivity index (χ4n) is 4.35. The van der Waals surface area contributed by atoms with Gasteiger partial charge in [0.25, 0.3) is 5.91 Å². The van der Waals surface area contributed by atoms with Gasteiger partial charge in [0, 0.05) is 18.8 Å². The second-order valence-electron chi connectivity index (χ2n) is 8.07. The summed E-state index contributed by atoms with van der Waals surface area (Å²) in [4.78, 5) is 35.5. The molecule has 0 radical (unpaired) electrons. The zero-order valence-corrected chi connectivity index (χ0v) is 19.8. The van der Waals surface area contributed by atoms with Gasteiger partial charge in [-0.15, -0.1) is 12.8 Å². The Kier molecular flexibility index (Phi) is 6.74. The maximum Gasteiger partial charge on any atom is 0.259 e. The molecule has 0 saturated carbocycles. The third-order valence-electron chi connectivity index (χ3n) is 6.00. The Bertz CT molecular complexity index is 1570. The molecule has 6 rings (SSSR count). The summed E-state index contributed by atoms with van der Waals surface area (Å²) in [6.45, 7) is 1.95. The van der Waals surface area contributed by atoms with Gasteiger partial charge in [-0.2, -0.15) is 0 Å². The van der Waals surface area contributed by atoms with Gasteiger partial charge in [0.2, 0.25) is 0 Å². The second kappa shape index (κ2) is 10.4. The first kappa shape index (κ1) is 23.9. The number of terminal acetylenes is 1. The van der Waals surface area contributed by atoms with Crippen molar-refractivity contribution < 1.29 is 13.9 Å². The van der Waals surface area contributed by atoms with E-state index in [1.807, 2.05) is 34.9 Å². The number of benzene rings is 2. The molecule has 10 nitrogen and oxygen atoms in total. The molecule has 0 aliphatic carbocycles. The summed E-state index contributed by atoms with van der Waals surface area (Å²) in [6.07, 6.45) is 11.0. The number of carbonyl (C=O) groups excluding carboxylic acids is 1. The summed E-state index contributed by atoms with van der Waals surface area (Å²) < 4.78 is 22.4. The Morgan fingerprint density at radius 3 is 2.65 bits per heavy atom. The minimum atomic E-state index is -0.583. The maximum atomic E-state index is 15.3. The Labute approximate surface area is 211 Å². The Balaban J connectivity index is 0.00000137. The van der Waals surface area contributed by atoms with Crippen molar-refractivity contribution in [3.63, 3.8) is 0 Å². The standard InChI is InChI=1S/C24H21FN8O2.C2H2/c25-16-6-7-17-21(19(16)24(34)32-8-10-35-11-9-32)33(15-4-2-1-3-5-15)18(31-17)12-26-22-20-23(28-13-27-20)30-14-29-22;1-2/h1-7,13-14H,8-12H2,(H2,26,27,28,29,30);1-2H. The van der Waals surface area contributed by atoms with Crippen LogP contribution in [0.3, 0.4) is 0 Å². The number of hydrogen-bond acceptors (Lipinski definition) is 7. The molecule has 186 valence electrons. The molecule has 11 heteroatoms. The molecule has 0 unspecified atom stereocenters. The molecule has 37 heavy (non-hydrogen) atoms. The van der Waals surface area contributed by atoms with E-state index in [9.17, 15) is 4.79 Å². The quantitative estimate of drug-likeness (QED) is 0.358. The number of imidazole rings is 2. The summed E-state index contributed by atoms with van der Waals surface area (Å²) in [6, 6.07) is 12.4. The molecule has 1 fully saturated rings. The minimum absolute atomic E-state index is 0.00463. The summed E-state index contributed by atoms with van der Waals surface area (Å²) in [5.41, 5.74) is 2.94. The van der Waals surface area contributed by atoms with E-state index in [2.05, 4.69) is 38.1 Å². The van der Waals surface area contributed by atoms with Crippen LogP contribution in [0.1, 0.15) is 16.2 Å². The van der Waals surface area contributed by atoms with Crippen LogP contribution in [0.5, 0.6) is 0 Å². The highest BCUT2D eigenvalue weighted by atomic mass is 19.1. The number of fused-ring (bicyclic) bond motifs is 2. The first-order valence-electron chi connectivity index (χ1n) is 11.5. The normalized spacial score (nSPS) is 13.3. The van der Waals surface area contributed by atoms with Crippen LogP contribution >= 0.6 is 0 Å². The highest BCUT2D eigenvalue weighted by molar-refractivity contribution is 6.06. The maximum absolute atomic E-state index is 15.3. The molecular formula is C26H23FN8O2. The molecule has 1 aliphatic rings. The first-order chi connectivity index (χ1) is 18.2. The predicted molar refractivity (Wildman–Crippen MR) is 137 cm³/mol. The van der Waals surface area contributed by atoms with Crippen LogP contribution in [0, 0.1) is 18.7 Å². The number of aromatic nitrogens is 6. The number of rotatable bonds is 5. The molecule has 4 heterocycles. The molecule has 2 N–H and O–H groups in total. The number of aromatic amines is 1. The van der Waals surface area contributed by atoms with Crippen LogP contribution in [0.2, 0.25) is 0 Å². The zero-order chi connectivity index (χ0) is 25.8. The molecule has 3 aromatic heterocycles. The van der Waals surface area contributed by atoms with E-state index < -0.39 is 5.82 Å². The van der Waals surface area contributed by atoms with Gasteiger partial charge in [-0.3, -0.25) is 9.36 Å². The van der Waals surface area contributed by atoms with E-state index in [4.69, 9.17) is 9.72 Å². The van der Waals surface area contributed by atoms with Crippen LogP contribution in [0.4, 0.5) is 10.2 Å². The van der Waals surface area contributed by atoms with E-state index in [0.29, 0.717) is 60.1 Å². The lowest BCUT2D eigenvalue weighted by atomic mass is 10.1. The van der Waals surface area contributed by atoms with E-state index >= 15 is 4.39 Å². The molecule has 1 amide bonds. The molecule has 0 spiro atoms. The lowest BCUT2D eigenvalue weighted by Gasteiger charge is -2.27. The molecule has 0 atom stereocenters. The van der Waals surface area contributed by atoms with E-state index in [1.165, 1.54) is 12.4 Å². The molecular weight excluding hydrogens is 475 g/mol. The van der Waals surface area contributed by atoms with Crippen LogP contribution in [0.15, 0.2) is 55.1 Å². The number of nitrogens with zero attached hydrogens (tertiary/aromatic N) is 6. The SMILES string of the molecule is C#C.O=C(c1c(F)ccc2nc(CNc3ncnc4nc[nH]c34)n(-c3ccccc3)c12)N1CCOCC1. The smallest absolute Gasteiger partial charge is 0.259 e. The number of H-pyrrole nitrogens is 1. The fourth-order valence-corrected chi connectivity index (χ4v) is 4.35. The van der Waals surface area contributed by atoms with Gasteiger partial charge < -0.3 is 19.9 Å². The van der Waals surface area contributed by atoms with Gasteiger partial charge in [0.15, 0.2) is 11.5 Å². The van der Waals surface area contributed by atoms with Crippen LogP contribution in [-0.2, 0) is 11.3 Å². The van der Waals surface area contributed by atoms with Gasteiger partial charge in [-0.25, -0.2) is 24.3 Å². The molecule has 2 aromatic carbocycles. The van der Waals surface area contributed by atoms with Crippen molar-refractivity contribution in [2.45, 2.75) is 6.54 Å². The van der Waals surface area contributed by atoms with Crippen molar-refractivity contribution in [2.24, 2.45) is 0 Å². The highest BCUT2D eigenvalue weighted by Gasteiger charge is 2.27. The van der Waals surface area contributed by atoms with Gasteiger partial charge >= 0.3 is 0 Å². The number of halogens is 1. The molecule has 1 saturated heterocycles. The van der Waals surface area contributed by atoms with E-state index in [1.54, 1.807) is 17.3 Å². The van der Waals surface area contributed by atoms with Crippen molar-refractivity contribution in [2.75, 3.05) is 31.6 Å². The van der Waals surface area contributed by atoms with Gasteiger partial charge in [0.1, 0.15) is 29.0 Å². The Hall–Kier alpha value is -4.82. The lowest BCUT2D eigenvalue weighted by Crippen LogP contribution is -2.41. The fraction of sp³-hybridized carbons (Fsp3) is 0.192. The first-order valence-corrected chi connectivity index (χ1v) is 11.5. The molecule has 5 aromatic rings. The van der Waals surface area contributed by atoms with Crippen LogP contribution in [-0.4, -0.2) is 66.6 Å². The third-order valence-corrected chi connectivity index (χ3v) is 6.00. The van der Waals surface area contributed by atoms with Gasteiger partial charge in [-0.1, -0.05) is 18.2 Å². The minimum Gasteiger partial charge on any atom is -0.378 e. The van der Waals surface area contributed by atoms with Crippen LogP contribution in [0.25, 0.3) is 27.9 Å². The van der Waals surface area contributed by atoms with Gasteiger partial charge in [-0.05, 0) is 24.3 Å². The molecule has 1 aliphatic heterocycles. The number of para-hydroxylation sites is 1. The monoisotopic (exact) mass is 498 g/mol. The number of carbonyl (C=O) groups is 1. The van der Waals surface area contributed by atoms with Crippen molar-refractivity contribution in [3.05, 3.63) is 72.3 Å². The topological polar surface area (TPSA) is 114 Å². The van der Waals surface area contributed by atoms with Gasteiger partial charge in [0.05, 0.1) is 37.1 Å². The van der Waals surface area contributed by atoms with Crippen molar-refractivity contribution in [1.29, 1.82) is 0 Å². The third kappa shape index (κ3) is 4.46. The van der Waals surface area contributed by atoms with Crippen LogP contribution < -0.4 is 5.32 Å². The van der Waals surface area contributed by atoms with Crippen molar-refractivity contribution in [3.8, 4) is 18.5 Å². The number of amides is 1. The number of anilines is 1. The highest BCUT2D eigenvalue weighted by Crippen LogP contribution is 2.29. The number of ether oxygens (including phenoxy) is 1. The average molecular weight is 499 g/mol.